The van der Waals surface area contributed by atoms with Crippen molar-refractivity contribution in [3.63, 3.8) is 0 Å². The van der Waals surface area contributed by atoms with Gasteiger partial charge in [0.15, 0.2) is 0 Å². The Labute approximate surface area is 394 Å². The molecule has 3 nitrogen and oxygen atoms in total. The minimum absolute atomic E-state index is 0.0413. The Morgan fingerprint density at radius 1 is 0.388 bits per heavy atom. The van der Waals surface area contributed by atoms with Crippen LogP contribution in [0.5, 0.6) is 0 Å². The number of thiophene rings is 1. The van der Waals surface area contributed by atoms with Crippen molar-refractivity contribution < 1.29 is 4.42 Å². The summed E-state index contributed by atoms with van der Waals surface area (Å²) in [4.78, 5) is 5.30. The van der Waals surface area contributed by atoms with Crippen molar-refractivity contribution in [2.75, 3.05) is 9.80 Å². The fourth-order valence-electron chi connectivity index (χ4n) is 12.7. The first-order valence-corrected chi connectivity index (χ1v) is 25.1. The van der Waals surface area contributed by atoms with Crippen LogP contribution in [0.4, 0.5) is 34.1 Å². The molecule has 0 spiro atoms. The van der Waals surface area contributed by atoms with E-state index in [9.17, 15) is 0 Å². The first kappa shape index (κ1) is 37.8. The summed E-state index contributed by atoms with van der Waals surface area (Å²) in [5.41, 5.74) is 24.5. The number of aryl methyl sites for hydroxylation is 2. The number of hydrogen-bond acceptors (Lipinski definition) is 4. The molecule has 67 heavy (non-hydrogen) atoms. The van der Waals surface area contributed by atoms with Gasteiger partial charge in [0, 0.05) is 65.5 Å². The summed E-state index contributed by atoms with van der Waals surface area (Å²) in [6.07, 6.45) is 9.32. The molecule has 0 fully saturated rings. The molecule has 2 aliphatic carbocycles. The molecule has 2 aromatic heterocycles. The molecular formula is C62H45BN2OS. The summed E-state index contributed by atoms with van der Waals surface area (Å²) >= 11 is 1.91. The van der Waals surface area contributed by atoms with E-state index in [-0.39, 0.29) is 6.71 Å². The van der Waals surface area contributed by atoms with Crippen LogP contribution in [-0.2, 0) is 25.7 Å². The van der Waals surface area contributed by atoms with Crippen molar-refractivity contribution in [1.82, 2.24) is 0 Å². The van der Waals surface area contributed by atoms with Gasteiger partial charge < -0.3 is 14.2 Å². The highest BCUT2D eigenvalue weighted by Gasteiger charge is 2.45. The van der Waals surface area contributed by atoms with Crippen LogP contribution in [0, 0.1) is 0 Å². The quantitative estimate of drug-likeness (QED) is 0.164. The molecule has 4 heterocycles. The highest BCUT2D eigenvalue weighted by molar-refractivity contribution is 7.26. The van der Waals surface area contributed by atoms with E-state index in [0.717, 1.165) is 47.6 Å². The minimum atomic E-state index is -0.0413. The fraction of sp³-hybridized carbons (Fsp3) is 0.129. The number of rotatable bonds is 4. The average Bonchev–Trinajstić information content (AvgIpc) is 3.94. The first-order chi connectivity index (χ1) is 33.2. The number of fused-ring (bicyclic) bond motifs is 12. The Balaban J connectivity index is 1.09. The van der Waals surface area contributed by atoms with Crippen molar-refractivity contribution in [3.8, 4) is 22.3 Å². The molecule has 0 radical (unpaired) electrons. The average molecular weight is 877 g/mol. The standard InChI is InChI=1S/C62H45BN2OS/c1-3-18-40(19-4-1)60-42-22-9-7-16-38(42)30-32-50(60)64-52-26-15-27-53-62(52)63(48-34-46-44-24-11-13-28-56(44)66-57(46)36-54(48)64)49-35-47-45-25-12-14-29-58(45)67-59(47)37-55(49)65(53)51-33-31-39-17-8-10-23-43(39)61(51)41-20-5-2-6-21-41/h1-6,11-15,18-21,24-37H,7-10,16-17,22-23H2. The maximum atomic E-state index is 6.81. The molecule has 0 saturated heterocycles. The third kappa shape index (κ3) is 5.52. The maximum absolute atomic E-state index is 6.81. The van der Waals surface area contributed by atoms with E-state index in [0.29, 0.717) is 0 Å². The Morgan fingerprint density at radius 2 is 0.940 bits per heavy atom. The number of para-hydroxylation sites is 1. The number of anilines is 6. The van der Waals surface area contributed by atoms with Gasteiger partial charge in [0.05, 0.1) is 11.4 Å². The molecule has 4 aliphatic rings. The Bertz CT molecular complexity index is 3600. The lowest BCUT2D eigenvalue weighted by molar-refractivity contribution is 0.669. The normalized spacial score (nSPS) is 14.9. The van der Waals surface area contributed by atoms with Gasteiger partial charge in [-0.1, -0.05) is 127 Å². The van der Waals surface area contributed by atoms with Gasteiger partial charge in [-0.3, -0.25) is 0 Å². The molecule has 318 valence electrons. The summed E-state index contributed by atoms with van der Waals surface area (Å²) in [5, 5.41) is 4.97. The van der Waals surface area contributed by atoms with Gasteiger partial charge in [0.1, 0.15) is 11.2 Å². The molecule has 0 saturated carbocycles. The second-order valence-electron chi connectivity index (χ2n) is 19.2. The van der Waals surface area contributed by atoms with Crippen molar-refractivity contribution in [3.05, 3.63) is 198 Å². The van der Waals surface area contributed by atoms with Gasteiger partial charge in [-0.15, -0.1) is 11.3 Å². The lowest BCUT2D eigenvalue weighted by Gasteiger charge is -2.45. The Hall–Kier alpha value is -7.34. The smallest absolute Gasteiger partial charge is 0.252 e. The van der Waals surface area contributed by atoms with Crippen molar-refractivity contribution in [2.24, 2.45) is 0 Å². The van der Waals surface area contributed by atoms with Crippen molar-refractivity contribution in [1.29, 1.82) is 0 Å². The molecule has 9 aromatic carbocycles. The lowest BCUT2D eigenvalue weighted by atomic mass is 9.33. The van der Waals surface area contributed by atoms with E-state index in [2.05, 4.69) is 186 Å². The van der Waals surface area contributed by atoms with Crippen LogP contribution in [0.25, 0.3) is 64.4 Å². The van der Waals surface area contributed by atoms with E-state index in [1.165, 1.54) is 141 Å². The number of furan rings is 1. The lowest BCUT2D eigenvalue weighted by Crippen LogP contribution is -2.61. The molecular weight excluding hydrogens is 832 g/mol. The molecule has 2 aliphatic heterocycles. The second-order valence-corrected chi connectivity index (χ2v) is 20.2. The van der Waals surface area contributed by atoms with Gasteiger partial charge in [0.2, 0.25) is 0 Å². The summed E-state index contributed by atoms with van der Waals surface area (Å²) in [6.45, 7) is -0.0413. The van der Waals surface area contributed by atoms with Crippen LogP contribution in [0.2, 0.25) is 0 Å². The fourth-order valence-corrected chi connectivity index (χ4v) is 13.9. The minimum Gasteiger partial charge on any atom is -0.456 e. The van der Waals surface area contributed by atoms with Crippen molar-refractivity contribution >= 4 is 111 Å². The zero-order valence-electron chi connectivity index (χ0n) is 37.2. The Kier molecular flexibility index (Phi) is 8.24. The summed E-state index contributed by atoms with van der Waals surface area (Å²) in [7, 11) is 0. The van der Waals surface area contributed by atoms with Crippen LogP contribution in [0.15, 0.2) is 180 Å². The van der Waals surface area contributed by atoms with E-state index < -0.39 is 0 Å². The molecule has 0 unspecified atom stereocenters. The topological polar surface area (TPSA) is 19.6 Å². The van der Waals surface area contributed by atoms with Gasteiger partial charge in [-0.25, -0.2) is 0 Å². The monoisotopic (exact) mass is 876 g/mol. The number of hydrogen-bond donors (Lipinski definition) is 0. The van der Waals surface area contributed by atoms with Crippen molar-refractivity contribution in [2.45, 2.75) is 51.4 Å². The van der Waals surface area contributed by atoms with Gasteiger partial charge in [-0.05, 0) is 149 Å². The third-order valence-corrected chi connectivity index (χ3v) is 16.7. The van der Waals surface area contributed by atoms with Crippen LogP contribution >= 0.6 is 11.3 Å². The van der Waals surface area contributed by atoms with Gasteiger partial charge in [-0.2, -0.15) is 0 Å². The van der Waals surface area contributed by atoms with Crippen LogP contribution in [-0.4, -0.2) is 6.71 Å². The first-order valence-electron chi connectivity index (χ1n) is 24.3. The molecule has 0 atom stereocenters. The highest BCUT2D eigenvalue weighted by Crippen LogP contribution is 2.52. The number of nitrogens with zero attached hydrogens (tertiary/aromatic N) is 2. The molecule has 15 rings (SSSR count). The Morgan fingerprint density at radius 3 is 1.60 bits per heavy atom. The van der Waals surface area contributed by atoms with E-state index in [4.69, 9.17) is 4.42 Å². The summed E-state index contributed by atoms with van der Waals surface area (Å²) in [5.74, 6) is 0. The van der Waals surface area contributed by atoms with E-state index >= 15 is 0 Å². The van der Waals surface area contributed by atoms with Gasteiger partial charge >= 0.3 is 0 Å². The van der Waals surface area contributed by atoms with E-state index in [1.807, 2.05) is 11.3 Å². The predicted octanol–water partition coefficient (Wildman–Crippen LogP) is 15.1. The molecule has 0 N–H and O–H groups in total. The maximum Gasteiger partial charge on any atom is 0.252 e. The van der Waals surface area contributed by atoms with Crippen LogP contribution in [0.3, 0.4) is 0 Å². The van der Waals surface area contributed by atoms with Gasteiger partial charge in [0.25, 0.3) is 6.71 Å². The summed E-state index contributed by atoms with van der Waals surface area (Å²) < 4.78 is 9.45. The SMILES string of the molecule is c1ccc(-c2c(N3c4cc5oc6ccccc6c5cc4B4c5cc6c(cc5N(c5ccc7c(c5-c5ccccc5)CCCC7)c5cccc3c54)sc3ccccc36)ccc3c2CCCC3)cc1. The summed E-state index contributed by atoms with van der Waals surface area (Å²) in [6, 6.07) is 66.9. The zero-order chi connectivity index (χ0) is 43.7. The molecule has 5 heteroatoms. The number of benzene rings is 9. The van der Waals surface area contributed by atoms with Crippen LogP contribution in [0.1, 0.15) is 47.9 Å². The zero-order valence-corrected chi connectivity index (χ0v) is 38.0. The van der Waals surface area contributed by atoms with E-state index in [1.54, 1.807) is 0 Å². The molecule has 11 aromatic rings. The largest absolute Gasteiger partial charge is 0.456 e. The molecule has 0 amide bonds. The van der Waals surface area contributed by atoms with Crippen LogP contribution < -0.4 is 26.2 Å². The second kappa shape index (κ2) is 14.6. The molecule has 0 bridgehead atoms. The predicted molar refractivity (Wildman–Crippen MR) is 285 cm³/mol. The third-order valence-electron chi connectivity index (χ3n) is 15.6. The highest BCUT2D eigenvalue weighted by atomic mass is 32.1.